The van der Waals surface area contributed by atoms with E-state index in [4.69, 9.17) is 26.5 Å². The van der Waals surface area contributed by atoms with Gasteiger partial charge in [0, 0.05) is 17.3 Å². The first-order valence-electron chi connectivity index (χ1n) is 11.0. The molecule has 4 aromatic rings. The lowest BCUT2D eigenvalue weighted by Crippen LogP contribution is -2.46. The highest BCUT2D eigenvalue weighted by molar-refractivity contribution is 7.80. The predicted octanol–water partition coefficient (Wildman–Crippen LogP) is 5.92. The lowest BCUT2D eigenvalue weighted by molar-refractivity contribution is 0.404. The van der Waals surface area contributed by atoms with Crippen molar-refractivity contribution in [1.82, 2.24) is 15.5 Å². The molecule has 0 spiro atoms. The number of anilines is 1. The number of nitrogens with zero attached hydrogens (tertiary/aromatic N) is 3. The number of benzene rings is 3. The van der Waals surface area contributed by atoms with E-state index in [1.54, 1.807) is 7.11 Å². The molecule has 34 heavy (non-hydrogen) atoms. The fourth-order valence-corrected chi connectivity index (χ4v) is 4.57. The topological polar surface area (TPSA) is 63.4 Å². The normalized spacial score (nSPS) is 15.9. The average molecular weight is 469 g/mol. The first-order chi connectivity index (χ1) is 16.5. The van der Waals surface area contributed by atoms with Gasteiger partial charge in [0.25, 0.3) is 5.89 Å². The predicted molar refractivity (Wildman–Crippen MR) is 137 cm³/mol. The van der Waals surface area contributed by atoms with Crippen LogP contribution in [0.1, 0.15) is 30.0 Å². The molecule has 2 heterocycles. The van der Waals surface area contributed by atoms with E-state index in [1.165, 1.54) is 0 Å². The third-order valence-electron chi connectivity index (χ3n) is 5.86. The van der Waals surface area contributed by atoms with E-state index >= 15 is 0 Å². The number of nitrogens with one attached hydrogen (secondary N) is 1. The molecule has 0 saturated heterocycles. The molecule has 6 nitrogen and oxygen atoms in total. The van der Waals surface area contributed by atoms with Crippen molar-refractivity contribution >= 4 is 28.6 Å². The summed E-state index contributed by atoms with van der Waals surface area (Å²) >= 11 is 5.81. The highest BCUT2D eigenvalue weighted by Gasteiger charge is 2.34. The minimum absolute atomic E-state index is 0.235. The first-order valence-corrected chi connectivity index (χ1v) is 11.4. The fourth-order valence-electron chi connectivity index (χ4n) is 4.21. The minimum Gasteiger partial charge on any atom is -0.497 e. The molecular formula is C27H24N4O2S. The summed E-state index contributed by atoms with van der Waals surface area (Å²) in [6, 6.07) is 25.7. The highest BCUT2D eigenvalue weighted by Crippen LogP contribution is 2.39. The number of aromatic nitrogens is 2. The molecule has 1 aliphatic heterocycles. The number of rotatable bonds is 5. The van der Waals surface area contributed by atoms with Crippen molar-refractivity contribution in [3.63, 3.8) is 0 Å². The quantitative estimate of drug-likeness (QED) is 0.365. The number of hydrogen-bond acceptors (Lipinski definition) is 5. The van der Waals surface area contributed by atoms with Crippen LogP contribution in [-0.4, -0.2) is 22.4 Å². The van der Waals surface area contributed by atoms with Gasteiger partial charge in [-0.3, -0.25) is 4.90 Å². The Balaban J connectivity index is 1.66. The molecule has 0 radical (unpaired) electrons. The fraction of sp³-hybridized carbons (Fsp3) is 0.148. The molecular weight excluding hydrogens is 444 g/mol. The van der Waals surface area contributed by atoms with Crippen molar-refractivity contribution in [2.75, 3.05) is 12.0 Å². The summed E-state index contributed by atoms with van der Waals surface area (Å²) < 4.78 is 11.3. The number of methoxy groups -OCH3 is 1. The van der Waals surface area contributed by atoms with Crippen molar-refractivity contribution in [2.45, 2.75) is 19.9 Å². The average Bonchev–Trinajstić information content (AvgIpc) is 3.34. The monoisotopic (exact) mass is 468 g/mol. The second-order valence-electron chi connectivity index (χ2n) is 8.12. The molecule has 5 rings (SSSR count). The number of thiocarbonyl (C=S) groups is 1. The molecule has 0 aliphatic carbocycles. The number of ether oxygens (including phenoxy) is 1. The number of allylic oxidation sites excluding steroid dienone is 1. The van der Waals surface area contributed by atoms with E-state index in [-0.39, 0.29) is 6.04 Å². The number of hydrogen-bond donors (Lipinski definition) is 1. The zero-order valence-electron chi connectivity index (χ0n) is 19.1. The summed E-state index contributed by atoms with van der Waals surface area (Å²) in [5.41, 5.74) is 5.76. The van der Waals surface area contributed by atoms with E-state index in [0.29, 0.717) is 16.8 Å². The van der Waals surface area contributed by atoms with Crippen LogP contribution in [0.2, 0.25) is 0 Å². The summed E-state index contributed by atoms with van der Waals surface area (Å²) in [6.07, 6.45) is 0. The Morgan fingerprint density at radius 2 is 1.76 bits per heavy atom. The summed E-state index contributed by atoms with van der Waals surface area (Å²) in [4.78, 5) is 6.76. The van der Waals surface area contributed by atoms with E-state index in [1.807, 2.05) is 85.5 Å². The van der Waals surface area contributed by atoms with Crippen molar-refractivity contribution in [1.29, 1.82) is 0 Å². The van der Waals surface area contributed by atoms with Gasteiger partial charge in [-0.15, -0.1) is 0 Å². The molecule has 7 heteroatoms. The van der Waals surface area contributed by atoms with Gasteiger partial charge >= 0.3 is 0 Å². The molecule has 3 aromatic carbocycles. The van der Waals surface area contributed by atoms with E-state index in [2.05, 4.69) is 22.6 Å². The van der Waals surface area contributed by atoms with Crippen LogP contribution in [-0.2, 0) is 0 Å². The molecule has 170 valence electrons. The summed E-state index contributed by atoms with van der Waals surface area (Å²) in [7, 11) is 1.65. The molecule has 1 atom stereocenters. The second-order valence-corrected chi connectivity index (χ2v) is 8.51. The molecule has 0 fully saturated rings. The smallest absolute Gasteiger partial charge is 0.258 e. The molecule has 1 unspecified atom stereocenters. The van der Waals surface area contributed by atoms with Crippen LogP contribution in [0.25, 0.3) is 17.0 Å². The maximum absolute atomic E-state index is 5.83. The van der Waals surface area contributed by atoms with Gasteiger partial charge in [-0.2, -0.15) is 4.98 Å². The van der Waals surface area contributed by atoms with Gasteiger partial charge in [0.1, 0.15) is 5.75 Å². The highest BCUT2D eigenvalue weighted by atomic mass is 32.1. The van der Waals surface area contributed by atoms with Crippen LogP contribution >= 0.6 is 12.2 Å². The summed E-state index contributed by atoms with van der Waals surface area (Å²) in [5, 5.41) is 8.36. The van der Waals surface area contributed by atoms with Crippen molar-refractivity contribution in [2.24, 2.45) is 0 Å². The van der Waals surface area contributed by atoms with Gasteiger partial charge in [-0.25, -0.2) is 0 Å². The van der Waals surface area contributed by atoms with Gasteiger partial charge in [0.15, 0.2) is 5.11 Å². The molecule has 0 bridgehead atoms. The van der Waals surface area contributed by atoms with Crippen molar-refractivity contribution in [3.05, 3.63) is 102 Å². The maximum atomic E-state index is 5.83. The van der Waals surface area contributed by atoms with E-state index < -0.39 is 0 Å². The molecule has 1 aromatic heterocycles. The van der Waals surface area contributed by atoms with Crippen LogP contribution in [0.4, 0.5) is 5.69 Å². The van der Waals surface area contributed by atoms with E-state index in [0.717, 1.165) is 39.4 Å². The van der Waals surface area contributed by atoms with E-state index in [9.17, 15) is 0 Å². The Morgan fingerprint density at radius 1 is 0.971 bits per heavy atom. The third-order valence-corrected chi connectivity index (χ3v) is 6.16. The van der Waals surface area contributed by atoms with Crippen LogP contribution in [0, 0.1) is 6.92 Å². The minimum atomic E-state index is -0.235. The third kappa shape index (κ3) is 4.06. The van der Waals surface area contributed by atoms with Gasteiger partial charge < -0.3 is 14.6 Å². The van der Waals surface area contributed by atoms with Gasteiger partial charge in [-0.05, 0) is 49.8 Å². The summed E-state index contributed by atoms with van der Waals surface area (Å²) in [5.74, 6) is 1.75. The summed E-state index contributed by atoms with van der Waals surface area (Å²) in [6.45, 7) is 4.06. The zero-order chi connectivity index (χ0) is 23.7. The lowest BCUT2D eigenvalue weighted by Gasteiger charge is -2.37. The first kappa shape index (κ1) is 21.9. The van der Waals surface area contributed by atoms with Gasteiger partial charge in [0.05, 0.1) is 24.4 Å². The van der Waals surface area contributed by atoms with Crippen LogP contribution in [0.15, 0.2) is 89.1 Å². The second kappa shape index (κ2) is 9.11. The van der Waals surface area contributed by atoms with Crippen molar-refractivity contribution in [3.8, 4) is 17.1 Å². The largest absolute Gasteiger partial charge is 0.497 e. The zero-order valence-corrected chi connectivity index (χ0v) is 20.0. The Morgan fingerprint density at radius 3 is 2.53 bits per heavy atom. The molecule has 0 saturated carbocycles. The Kier molecular flexibility index (Phi) is 5.86. The Hall–Kier alpha value is -3.97. The SMILES string of the molecule is COc1cccc(N2C(=S)NC(c3ccccc3)C(c3nc(-c4cccc(C)c4)no3)=C2C)c1. The Labute approximate surface area is 203 Å². The van der Waals surface area contributed by atoms with Crippen LogP contribution in [0.3, 0.4) is 0 Å². The number of aryl methyl sites for hydroxylation is 1. The van der Waals surface area contributed by atoms with Gasteiger partial charge in [-0.1, -0.05) is 65.3 Å². The van der Waals surface area contributed by atoms with Crippen LogP contribution in [0.5, 0.6) is 5.75 Å². The van der Waals surface area contributed by atoms with Gasteiger partial charge in [0.2, 0.25) is 5.82 Å². The Bertz CT molecular complexity index is 1380. The molecule has 1 N–H and O–H groups in total. The molecule has 1 aliphatic rings. The van der Waals surface area contributed by atoms with Crippen molar-refractivity contribution < 1.29 is 9.26 Å². The standard InChI is InChI=1S/C27H24N4O2S/c1-17-9-7-12-20(15-17)25-29-26(33-30-25)23-18(2)31(21-13-8-14-22(16-21)32-3)27(34)28-24(23)19-10-5-4-6-11-19/h4-16,24H,1-3H3,(H,28,34). The lowest BCUT2D eigenvalue weighted by atomic mass is 9.94. The molecule has 0 amide bonds. The maximum Gasteiger partial charge on any atom is 0.258 e. The van der Waals surface area contributed by atoms with Crippen LogP contribution < -0.4 is 15.0 Å².